The third-order valence-electron chi connectivity index (χ3n) is 5.52. The molecule has 0 rings (SSSR count). The molecular weight excluding hydrogens is 400 g/mol. The summed E-state index contributed by atoms with van der Waals surface area (Å²) in [7, 11) is 0. The molecule has 0 amide bonds. The van der Waals surface area contributed by atoms with Crippen molar-refractivity contribution in [3.63, 3.8) is 0 Å². The Morgan fingerprint density at radius 2 is 1.10 bits per heavy atom. The fraction of sp³-hybridized carbons (Fsp3) is 0.917. The third-order valence-corrected chi connectivity index (χ3v) is 5.52. The van der Waals surface area contributed by atoms with Crippen molar-refractivity contribution in [1.29, 1.82) is 0 Å². The lowest BCUT2D eigenvalue weighted by Gasteiger charge is -2.28. The van der Waals surface area contributed by atoms with Gasteiger partial charge in [-0.3, -0.25) is 0 Å². The fourth-order valence-corrected chi connectivity index (χ4v) is 3.36. The van der Waals surface area contributed by atoms with Crippen LogP contribution in [0.2, 0.25) is 0 Å². The quantitative estimate of drug-likeness (QED) is 0.0853. The highest BCUT2D eigenvalue weighted by Crippen LogP contribution is 2.12. The average Bonchev–Trinajstić information content (AvgIpc) is 2.78. The number of aliphatic hydroxyl groups is 6. The van der Waals surface area contributed by atoms with Crippen LogP contribution in [0.4, 0.5) is 0 Å². The monoisotopic (exact) mass is 448 g/mol. The van der Waals surface area contributed by atoms with Crippen molar-refractivity contribution in [1.82, 2.24) is 0 Å². The minimum absolute atomic E-state index is 0.227. The Labute approximate surface area is 188 Å². The van der Waals surface area contributed by atoms with Gasteiger partial charge < -0.3 is 35.4 Å². The maximum atomic E-state index is 9.75. The SMILES string of the molecule is CCCCCCCC/C=C\CCCCCCCCOC(O)[C@H](O)[C@@H](O)[C@H](O)[C@H](O)CO. The Morgan fingerprint density at radius 3 is 1.61 bits per heavy atom. The van der Waals surface area contributed by atoms with E-state index in [0.29, 0.717) is 0 Å². The van der Waals surface area contributed by atoms with Crippen molar-refractivity contribution in [3.05, 3.63) is 12.2 Å². The maximum absolute atomic E-state index is 9.75. The van der Waals surface area contributed by atoms with Crippen LogP contribution in [0, 0.1) is 0 Å². The van der Waals surface area contributed by atoms with E-state index in [1.165, 1.54) is 57.8 Å². The molecule has 7 nitrogen and oxygen atoms in total. The number of rotatable bonds is 22. The second kappa shape index (κ2) is 21.3. The zero-order valence-corrected chi connectivity index (χ0v) is 19.4. The van der Waals surface area contributed by atoms with E-state index >= 15 is 0 Å². The Bertz CT molecular complexity index is 405. The van der Waals surface area contributed by atoms with Gasteiger partial charge in [-0.1, -0.05) is 76.9 Å². The van der Waals surface area contributed by atoms with E-state index in [1.54, 1.807) is 0 Å². The largest absolute Gasteiger partial charge is 0.394 e. The van der Waals surface area contributed by atoms with Crippen LogP contribution in [-0.4, -0.2) is 74.6 Å². The van der Waals surface area contributed by atoms with E-state index in [-0.39, 0.29) is 6.61 Å². The van der Waals surface area contributed by atoms with Gasteiger partial charge in [0.25, 0.3) is 0 Å². The van der Waals surface area contributed by atoms with Crippen LogP contribution in [-0.2, 0) is 4.74 Å². The van der Waals surface area contributed by atoms with E-state index < -0.39 is 37.3 Å². The summed E-state index contributed by atoms with van der Waals surface area (Å²) in [6.45, 7) is 1.70. The molecule has 31 heavy (non-hydrogen) atoms. The molecular formula is C24H48O7. The molecule has 0 heterocycles. The summed E-state index contributed by atoms with van der Waals surface area (Å²) in [5, 5.41) is 56.7. The zero-order valence-electron chi connectivity index (χ0n) is 19.4. The van der Waals surface area contributed by atoms with Crippen molar-refractivity contribution in [3.8, 4) is 0 Å². The van der Waals surface area contributed by atoms with Gasteiger partial charge in [-0.25, -0.2) is 0 Å². The van der Waals surface area contributed by atoms with Gasteiger partial charge in [0.1, 0.15) is 24.4 Å². The van der Waals surface area contributed by atoms with Crippen molar-refractivity contribution < 1.29 is 35.4 Å². The van der Waals surface area contributed by atoms with Crippen molar-refractivity contribution in [2.75, 3.05) is 13.2 Å². The molecule has 0 aromatic rings. The summed E-state index contributed by atoms with van der Waals surface area (Å²) in [6.07, 6.45) is 12.7. The first-order chi connectivity index (χ1) is 15.0. The van der Waals surface area contributed by atoms with Gasteiger partial charge in [-0.15, -0.1) is 0 Å². The van der Waals surface area contributed by atoms with Crippen molar-refractivity contribution in [2.24, 2.45) is 0 Å². The number of unbranched alkanes of at least 4 members (excludes halogenated alkanes) is 12. The molecule has 1 unspecified atom stereocenters. The zero-order chi connectivity index (χ0) is 23.3. The smallest absolute Gasteiger partial charge is 0.183 e. The second-order valence-corrected chi connectivity index (χ2v) is 8.42. The Balaban J connectivity index is 3.52. The number of aliphatic hydroxyl groups excluding tert-OH is 6. The highest BCUT2D eigenvalue weighted by atomic mass is 16.6. The summed E-state index contributed by atoms with van der Waals surface area (Å²) in [4.78, 5) is 0. The molecule has 0 aromatic heterocycles. The van der Waals surface area contributed by atoms with Gasteiger partial charge >= 0.3 is 0 Å². The van der Waals surface area contributed by atoms with Crippen LogP contribution in [0.1, 0.15) is 96.8 Å². The molecule has 0 spiro atoms. The molecule has 5 atom stereocenters. The van der Waals surface area contributed by atoms with Gasteiger partial charge in [0.05, 0.1) is 6.61 Å². The first kappa shape index (κ1) is 30.5. The summed E-state index contributed by atoms with van der Waals surface area (Å²) >= 11 is 0. The molecule has 0 aliphatic carbocycles. The van der Waals surface area contributed by atoms with Crippen molar-refractivity contribution in [2.45, 2.75) is 128 Å². The normalized spacial score (nSPS) is 17.0. The number of ether oxygens (including phenoxy) is 1. The number of hydrogen-bond acceptors (Lipinski definition) is 7. The highest BCUT2D eigenvalue weighted by Gasteiger charge is 2.34. The van der Waals surface area contributed by atoms with Crippen LogP contribution < -0.4 is 0 Å². The van der Waals surface area contributed by atoms with Gasteiger partial charge in [-0.05, 0) is 32.1 Å². The highest BCUT2D eigenvalue weighted by molar-refractivity contribution is 4.82. The lowest BCUT2D eigenvalue weighted by Crippen LogP contribution is -2.50. The fourth-order valence-electron chi connectivity index (χ4n) is 3.36. The predicted octanol–water partition coefficient (Wildman–Crippen LogP) is 2.79. The van der Waals surface area contributed by atoms with E-state index in [0.717, 1.165) is 32.1 Å². The van der Waals surface area contributed by atoms with E-state index in [1.807, 2.05) is 0 Å². The molecule has 0 aliphatic heterocycles. The van der Waals surface area contributed by atoms with Crippen LogP contribution in [0.5, 0.6) is 0 Å². The Morgan fingerprint density at radius 1 is 0.613 bits per heavy atom. The Hall–Kier alpha value is -0.540. The molecule has 6 N–H and O–H groups in total. The topological polar surface area (TPSA) is 131 Å². The summed E-state index contributed by atoms with van der Waals surface area (Å²) in [5.41, 5.74) is 0. The molecule has 0 saturated carbocycles. The molecule has 0 aliphatic rings. The lowest BCUT2D eigenvalue weighted by molar-refractivity contribution is -0.211. The van der Waals surface area contributed by atoms with Crippen LogP contribution >= 0.6 is 0 Å². The molecule has 7 heteroatoms. The molecule has 0 fully saturated rings. The summed E-state index contributed by atoms with van der Waals surface area (Å²) in [6, 6.07) is 0. The van der Waals surface area contributed by atoms with Gasteiger partial charge in [0, 0.05) is 6.61 Å². The molecule has 0 bridgehead atoms. The van der Waals surface area contributed by atoms with E-state index in [9.17, 15) is 25.5 Å². The van der Waals surface area contributed by atoms with Gasteiger partial charge in [0.15, 0.2) is 6.29 Å². The lowest BCUT2D eigenvalue weighted by atomic mass is 10.0. The number of hydrogen-bond donors (Lipinski definition) is 6. The Kier molecular flexibility index (Phi) is 20.9. The maximum Gasteiger partial charge on any atom is 0.183 e. The summed E-state index contributed by atoms with van der Waals surface area (Å²) in [5.74, 6) is 0. The minimum Gasteiger partial charge on any atom is -0.394 e. The first-order valence-corrected chi connectivity index (χ1v) is 12.2. The molecule has 186 valence electrons. The molecule has 0 saturated heterocycles. The standard InChI is InChI=1S/C24H48O7/c1-2-3-4-5-6-7-8-9-10-11-12-13-14-15-16-17-18-31-24(30)23(29)22(28)21(27)20(26)19-25/h9-10,20-30H,2-8,11-19H2,1H3/b10-9-/t20-,21-,22+,23-,24?/m1/s1. The van der Waals surface area contributed by atoms with Crippen LogP contribution in [0.25, 0.3) is 0 Å². The summed E-state index contributed by atoms with van der Waals surface area (Å²) < 4.78 is 5.09. The average molecular weight is 449 g/mol. The van der Waals surface area contributed by atoms with Crippen LogP contribution in [0.3, 0.4) is 0 Å². The van der Waals surface area contributed by atoms with Crippen molar-refractivity contribution >= 4 is 0 Å². The van der Waals surface area contributed by atoms with Gasteiger partial charge in [-0.2, -0.15) is 0 Å². The van der Waals surface area contributed by atoms with Crippen LogP contribution in [0.15, 0.2) is 12.2 Å². The third kappa shape index (κ3) is 16.7. The van der Waals surface area contributed by atoms with E-state index in [4.69, 9.17) is 9.84 Å². The number of allylic oxidation sites excluding steroid dienone is 2. The second-order valence-electron chi connectivity index (χ2n) is 8.42. The molecule has 0 radical (unpaired) electrons. The first-order valence-electron chi connectivity index (χ1n) is 12.2. The van der Waals surface area contributed by atoms with E-state index in [2.05, 4.69) is 19.1 Å². The molecule has 0 aromatic carbocycles. The predicted molar refractivity (Wildman–Crippen MR) is 123 cm³/mol. The van der Waals surface area contributed by atoms with Gasteiger partial charge in [0.2, 0.25) is 0 Å². The minimum atomic E-state index is -1.82.